The Labute approximate surface area is 220 Å². The summed E-state index contributed by atoms with van der Waals surface area (Å²) in [5, 5.41) is 14.7. The Morgan fingerprint density at radius 3 is 2.53 bits per heavy atom. The van der Waals surface area contributed by atoms with Crippen LogP contribution in [-0.4, -0.2) is 31.2 Å². The highest BCUT2D eigenvalue weighted by Crippen LogP contribution is 2.46. The van der Waals surface area contributed by atoms with Gasteiger partial charge in [0.25, 0.3) is 0 Å². The second-order valence-corrected chi connectivity index (χ2v) is 9.87. The van der Waals surface area contributed by atoms with Gasteiger partial charge in [-0.1, -0.05) is 29.3 Å². The molecule has 1 aliphatic carbocycles. The van der Waals surface area contributed by atoms with Crippen molar-refractivity contribution in [2.24, 2.45) is 0 Å². The Bertz CT molecular complexity index is 1260. The number of alkyl halides is 3. The maximum absolute atomic E-state index is 14.2. The topological polar surface area (TPSA) is 59.7 Å². The van der Waals surface area contributed by atoms with Gasteiger partial charge in [0, 0.05) is 29.6 Å². The van der Waals surface area contributed by atoms with Crippen molar-refractivity contribution in [1.82, 2.24) is 24.9 Å². The highest BCUT2D eigenvalue weighted by Gasteiger charge is 2.41. The number of halogens is 6. The molecule has 0 radical (unpaired) electrons. The van der Waals surface area contributed by atoms with Gasteiger partial charge >= 0.3 is 6.18 Å². The number of aromatic nitrogens is 4. The van der Waals surface area contributed by atoms with E-state index in [9.17, 15) is 17.6 Å². The molecule has 6 nitrogen and oxygen atoms in total. The molecule has 2 aromatic heterocycles. The van der Waals surface area contributed by atoms with Gasteiger partial charge in [0.15, 0.2) is 10.8 Å². The van der Waals surface area contributed by atoms with Gasteiger partial charge in [-0.15, -0.1) is 0 Å². The predicted octanol–water partition coefficient (Wildman–Crippen LogP) is 6.46. The van der Waals surface area contributed by atoms with Gasteiger partial charge in [-0.2, -0.15) is 23.4 Å². The summed E-state index contributed by atoms with van der Waals surface area (Å²) in [7, 11) is 0. The summed E-state index contributed by atoms with van der Waals surface area (Å²) < 4.78 is 56.9. The Kier molecular flexibility index (Phi) is 7.82. The van der Waals surface area contributed by atoms with Crippen LogP contribution in [0.1, 0.15) is 53.5 Å². The molecule has 0 saturated heterocycles. The average Bonchev–Trinajstić information content (AvgIpc) is 3.52. The molecule has 2 N–H and O–H groups in total. The highest BCUT2D eigenvalue weighted by atomic mass is 35.5. The molecule has 2 heterocycles. The second-order valence-electron chi connectivity index (χ2n) is 8.68. The van der Waals surface area contributed by atoms with Gasteiger partial charge < -0.3 is 10.6 Å². The van der Waals surface area contributed by atoms with Crippen LogP contribution in [0.5, 0.6) is 0 Å². The van der Waals surface area contributed by atoms with Crippen LogP contribution >= 0.6 is 35.4 Å². The van der Waals surface area contributed by atoms with E-state index in [2.05, 4.69) is 20.8 Å². The van der Waals surface area contributed by atoms with Gasteiger partial charge in [0.2, 0.25) is 0 Å². The molecule has 4 rings (SSSR count). The van der Waals surface area contributed by atoms with Crippen molar-refractivity contribution in [3.05, 3.63) is 62.4 Å². The van der Waals surface area contributed by atoms with Crippen molar-refractivity contribution in [3.63, 3.8) is 0 Å². The lowest BCUT2D eigenvalue weighted by molar-refractivity contribution is -0.141. The maximum Gasteiger partial charge on any atom is 0.436 e. The molecule has 13 heteroatoms. The fraction of sp³-hybridized carbons (Fsp3) is 0.435. The van der Waals surface area contributed by atoms with Gasteiger partial charge in [-0.3, -0.25) is 9.36 Å². The van der Waals surface area contributed by atoms with E-state index < -0.39 is 17.7 Å². The van der Waals surface area contributed by atoms with Crippen molar-refractivity contribution in [3.8, 4) is 0 Å². The van der Waals surface area contributed by atoms with Crippen molar-refractivity contribution in [2.45, 2.75) is 58.3 Å². The molecular formula is C23H24Cl2F4N6S. The summed E-state index contributed by atoms with van der Waals surface area (Å²) in [6.45, 7) is 4.48. The zero-order valence-electron chi connectivity index (χ0n) is 19.5. The fourth-order valence-electron chi connectivity index (χ4n) is 4.00. The molecule has 0 amide bonds. The van der Waals surface area contributed by atoms with Crippen LogP contribution in [0.4, 0.5) is 23.2 Å². The Morgan fingerprint density at radius 1 is 1.17 bits per heavy atom. The number of thiocarbonyl (C=S) groups is 1. The van der Waals surface area contributed by atoms with Crippen LogP contribution < -0.4 is 10.6 Å². The van der Waals surface area contributed by atoms with Gasteiger partial charge in [0.1, 0.15) is 5.82 Å². The van der Waals surface area contributed by atoms with E-state index in [0.717, 1.165) is 18.5 Å². The number of anilines is 1. The SMILES string of the molecule is Cc1nn(Cc2c(F)cccc2Cl)c(C)c1NC(=S)NCCCn1nc(C(F)(F)F)c(Cl)c1C1CC1. The molecule has 36 heavy (non-hydrogen) atoms. The molecule has 1 fully saturated rings. The van der Waals surface area contributed by atoms with Crippen LogP contribution in [0.25, 0.3) is 0 Å². The zero-order chi connectivity index (χ0) is 26.2. The number of nitrogens with zero attached hydrogens (tertiary/aromatic N) is 4. The minimum absolute atomic E-state index is 0.0264. The van der Waals surface area contributed by atoms with Crippen molar-refractivity contribution < 1.29 is 17.6 Å². The number of nitrogens with one attached hydrogen (secondary N) is 2. The lowest BCUT2D eigenvalue weighted by Gasteiger charge is -2.12. The minimum atomic E-state index is -4.59. The minimum Gasteiger partial charge on any atom is -0.362 e. The summed E-state index contributed by atoms with van der Waals surface area (Å²) in [5.41, 5.74) is 1.87. The van der Waals surface area contributed by atoms with E-state index in [1.54, 1.807) is 23.7 Å². The molecule has 1 aromatic carbocycles. The van der Waals surface area contributed by atoms with E-state index in [-0.39, 0.29) is 24.0 Å². The van der Waals surface area contributed by atoms with E-state index >= 15 is 0 Å². The van der Waals surface area contributed by atoms with Crippen LogP contribution in [0.3, 0.4) is 0 Å². The molecule has 0 unspecified atom stereocenters. The molecule has 3 aromatic rings. The molecule has 0 spiro atoms. The number of aryl methyl sites for hydroxylation is 2. The molecule has 0 aliphatic heterocycles. The Hall–Kier alpha value is -2.37. The number of hydrogen-bond donors (Lipinski definition) is 2. The lowest BCUT2D eigenvalue weighted by atomic mass is 10.2. The van der Waals surface area contributed by atoms with Crippen molar-refractivity contribution in [2.75, 3.05) is 11.9 Å². The van der Waals surface area contributed by atoms with Gasteiger partial charge in [0.05, 0.1) is 34.3 Å². The molecule has 1 aliphatic rings. The van der Waals surface area contributed by atoms with Crippen molar-refractivity contribution in [1.29, 1.82) is 0 Å². The van der Waals surface area contributed by atoms with Gasteiger partial charge in [-0.25, -0.2) is 4.39 Å². The number of benzene rings is 1. The molecule has 194 valence electrons. The van der Waals surface area contributed by atoms with Crippen LogP contribution in [-0.2, 0) is 19.3 Å². The second kappa shape index (κ2) is 10.5. The third-order valence-corrected chi connectivity index (χ3v) is 6.96. The summed E-state index contributed by atoms with van der Waals surface area (Å²) in [4.78, 5) is 0. The zero-order valence-corrected chi connectivity index (χ0v) is 21.8. The number of rotatable bonds is 8. The van der Waals surface area contributed by atoms with E-state index in [1.807, 2.05) is 6.92 Å². The molecule has 0 atom stereocenters. The van der Waals surface area contributed by atoms with Crippen molar-refractivity contribution >= 4 is 46.2 Å². The monoisotopic (exact) mass is 562 g/mol. The van der Waals surface area contributed by atoms with E-state index in [0.29, 0.717) is 45.7 Å². The first-order valence-electron chi connectivity index (χ1n) is 11.3. The van der Waals surface area contributed by atoms with Crippen LogP contribution in [0, 0.1) is 19.7 Å². The summed E-state index contributed by atoms with van der Waals surface area (Å²) in [5.74, 6) is -0.383. The van der Waals surface area contributed by atoms with Crippen LogP contribution in [0.15, 0.2) is 18.2 Å². The van der Waals surface area contributed by atoms with Crippen LogP contribution in [0.2, 0.25) is 10.0 Å². The number of hydrogen-bond acceptors (Lipinski definition) is 3. The third kappa shape index (κ3) is 5.78. The molecular weight excluding hydrogens is 539 g/mol. The summed E-state index contributed by atoms with van der Waals surface area (Å²) in [6.07, 6.45) is -2.48. The summed E-state index contributed by atoms with van der Waals surface area (Å²) in [6, 6.07) is 4.51. The van der Waals surface area contributed by atoms with Gasteiger partial charge in [-0.05, 0) is 57.5 Å². The quantitative estimate of drug-likeness (QED) is 0.187. The third-order valence-electron chi connectivity index (χ3n) is 5.99. The predicted molar refractivity (Wildman–Crippen MR) is 135 cm³/mol. The first kappa shape index (κ1) is 26.7. The average molecular weight is 563 g/mol. The maximum atomic E-state index is 14.2. The standard InChI is InChI=1S/C23H24Cl2F4N6S/c1-12-19(13(2)35(32-12)11-15-16(24)5-3-6-17(15)26)31-22(36)30-9-4-10-34-20(14-7-8-14)18(25)21(33-34)23(27,28)29/h3,5-6,14H,4,7-11H2,1-2H3,(H2,30,31,36). The molecule has 0 bridgehead atoms. The smallest absolute Gasteiger partial charge is 0.362 e. The largest absolute Gasteiger partial charge is 0.436 e. The molecule has 1 saturated carbocycles. The highest BCUT2D eigenvalue weighted by molar-refractivity contribution is 7.80. The Balaban J connectivity index is 1.34. The Morgan fingerprint density at radius 2 is 1.89 bits per heavy atom. The van der Waals surface area contributed by atoms with E-state index in [1.165, 1.54) is 10.7 Å². The first-order chi connectivity index (χ1) is 17.0. The van der Waals surface area contributed by atoms with E-state index in [4.69, 9.17) is 35.4 Å². The normalized spacial score (nSPS) is 13.8. The lowest BCUT2D eigenvalue weighted by Crippen LogP contribution is -2.30. The summed E-state index contributed by atoms with van der Waals surface area (Å²) >= 11 is 17.5. The fourth-order valence-corrected chi connectivity index (χ4v) is 4.83. The first-order valence-corrected chi connectivity index (χ1v) is 12.5.